The van der Waals surface area contributed by atoms with E-state index in [0.29, 0.717) is 5.95 Å². The van der Waals surface area contributed by atoms with Crippen molar-refractivity contribution in [3.63, 3.8) is 0 Å². The Bertz CT molecular complexity index is 457. The molecule has 6 heteroatoms. The number of thiophene rings is 1. The molecule has 0 fully saturated rings. The van der Waals surface area contributed by atoms with Crippen LogP contribution < -0.4 is 5.32 Å². The number of aryl methyl sites for hydroxylation is 1. The molecule has 0 saturated carbocycles. The minimum Gasteiger partial charge on any atom is -0.316 e. The van der Waals surface area contributed by atoms with Crippen LogP contribution in [0.25, 0.3) is 0 Å². The van der Waals surface area contributed by atoms with Crippen LogP contribution in [-0.4, -0.2) is 15.0 Å². The molecule has 0 aliphatic heterocycles. The molecule has 0 amide bonds. The summed E-state index contributed by atoms with van der Waals surface area (Å²) in [6.07, 6.45) is 2.41. The van der Waals surface area contributed by atoms with Crippen LogP contribution in [0.2, 0.25) is 5.28 Å². The maximum absolute atomic E-state index is 5.64. The molecule has 15 heavy (non-hydrogen) atoms. The van der Waals surface area contributed by atoms with E-state index in [2.05, 4.69) is 33.3 Å². The molecule has 78 valence electrons. The average molecular weight is 241 g/mol. The number of halogens is 1. The predicted octanol–water partition coefficient (Wildman–Crippen LogP) is 2.89. The van der Waals surface area contributed by atoms with E-state index in [1.165, 1.54) is 11.2 Å². The van der Waals surface area contributed by atoms with Gasteiger partial charge in [-0.2, -0.15) is 4.98 Å². The number of rotatable bonds is 3. The zero-order chi connectivity index (χ0) is 10.7. The van der Waals surface area contributed by atoms with Crippen molar-refractivity contribution in [2.24, 2.45) is 0 Å². The normalized spacial score (nSPS) is 10.3. The molecule has 0 aliphatic carbocycles. The van der Waals surface area contributed by atoms with E-state index in [-0.39, 0.29) is 5.28 Å². The van der Waals surface area contributed by atoms with Gasteiger partial charge in [0.25, 0.3) is 0 Å². The van der Waals surface area contributed by atoms with Gasteiger partial charge in [0.2, 0.25) is 11.2 Å². The Morgan fingerprint density at radius 2 is 2.27 bits per heavy atom. The largest absolute Gasteiger partial charge is 0.316 e. The molecule has 0 saturated heterocycles. The second-order valence-corrected chi connectivity index (χ2v) is 4.33. The smallest absolute Gasteiger partial charge is 0.232 e. The Labute approximate surface area is 96.4 Å². The Hall–Kier alpha value is -1.20. The fourth-order valence-corrected chi connectivity index (χ4v) is 2.05. The van der Waals surface area contributed by atoms with Gasteiger partial charge in [-0.25, -0.2) is 9.97 Å². The first kappa shape index (κ1) is 10.3. The quantitative estimate of drug-likeness (QED) is 0.896. The van der Waals surface area contributed by atoms with E-state index in [1.54, 1.807) is 11.3 Å². The summed E-state index contributed by atoms with van der Waals surface area (Å²) in [7, 11) is 0. The topological polar surface area (TPSA) is 50.7 Å². The summed E-state index contributed by atoms with van der Waals surface area (Å²) >= 11 is 7.32. The lowest BCUT2D eigenvalue weighted by Crippen LogP contribution is -1.96. The molecule has 0 aromatic carbocycles. The van der Waals surface area contributed by atoms with Gasteiger partial charge in [-0.1, -0.05) is 6.92 Å². The summed E-state index contributed by atoms with van der Waals surface area (Å²) in [4.78, 5) is 12.9. The summed E-state index contributed by atoms with van der Waals surface area (Å²) in [6, 6.07) is 4.08. The van der Waals surface area contributed by atoms with Crippen molar-refractivity contribution in [1.82, 2.24) is 15.0 Å². The zero-order valence-electron chi connectivity index (χ0n) is 8.07. The van der Waals surface area contributed by atoms with Gasteiger partial charge in [0, 0.05) is 4.88 Å². The lowest BCUT2D eigenvalue weighted by atomic mass is 10.4. The van der Waals surface area contributed by atoms with Crippen molar-refractivity contribution < 1.29 is 0 Å². The van der Waals surface area contributed by atoms with Crippen LogP contribution in [0.15, 0.2) is 18.5 Å². The summed E-state index contributed by atoms with van der Waals surface area (Å²) in [5, 5.41) is 4.27. The van der Waals surface area contributed by atoms with Crippen LogP contribution in [0, 0.1) is 0 Å². The lowest BCUT2D eigenvalue weighted by Gasteiger charge is -1.99. The summed E-state index contributed by atoms with van der Waals surface area (Å²) in [5.41, 5.74) is 0. The summed E-state index contributed by atoms with van der Waals surface area (Å²) < 4.78 is 0. The lowest BCUT2D eigenvalue weighted by molar-refractivity contribution is 1.06. The Kier molecular flexibility index (Phi) is 3.13. The van der Waals surface area contributed by atoms with Gasteiger partial charge < -0.3 is 5.32 Å². The highest BCUT2D eigenvalue weighted by atomic mass is 35.5. The van der Waals surface area contributed by atoms with E-state index in [9.17, 15) is 0 Å². The molecule has 4 nitrogen and oxygen atoms in total. The maximum Gasteiger partial charge on any atom is 0.232 e. The number of hydrogen-bond donors (Lipinski definition) is 1. The van der Waals surface area contributed by atoms with Crippen LogP contribution in [0.5, 0.6) is 0 Å². The third kappa shape index (κ3) is 2.64. The van der Waals surface area contributed by atoms with Crippen molar-refractivity contribution in [1.29, 1.82) is 0 Å². The Balaban J connectivity index is 2.14. The predicted molar refractivity (Wildman–Crippen MR) is 61.8 cm³/mol. The maximum atomic E-state index is 5.64. The fraction of sp³-hybridized carbons (Fsp3) is 0.222. The van der Waals surface area contributed by atoms with Gasteiger partial charge in [-0.15, -0.1) is 11.3 Å². The van der Waals surface area contributed by atoms with Gasteiger partial charge in [0.1, 0.15) is 6.33 Å². The first-order valence-electron chi connectivity index (χ1n) is 4.48. The first-order valence-corrected chi connectivity index (χ1v) is 5.67. The van der Waals surface area contributed by atoms with Crippen molar-refractivity contribution in [2.75, 3.05) is 5.32 Å². The molecule has 0 atom stereocenters. The molecule has 0 spiro atoms. The van der Waals surface area contributed by atoms with Crippen molar-refractivity contribution in [3.05, 3.63) is 28.6 Å². The summed E-state index contributed by atoms with van der Waals surface area (Å²) in [6.45, 7) is 2.12. The second-order valence-electron chi connectivity index (χ2n) is 2.82. The molecular weight excluding hydrogens is 232 g/mol. The zero-order valence-corrected chi connectivity index (χ0v) is 9.64. The number of nitrogens with zero attached hydrogens (tertiary/aromatic N) is 3. The molecule has 0 unspecified atom stereocenters. The van der Waals surface area contributed by atoms with Gasteiger partial charge >= 0.3 is 0 Å². The van der Waals surface area contributed by atoms with Crippen LogP contribution in [0.3, 0.4) is 0 Å². The number of aromatic nitrogens is 3. The fourth-order valence-electron chi connectivity index (χ4n) is 1.08. The molecule has 0 aliphatic rings. The van der Waals surface area contributed by atoms with Gasteiger partial charge in [0.05, 0.1) is 5.00 Å². The van der Waals surface area contributed by atoms with Crippen LogP contribution in [0.1, 0.15) is 11.8 Å². The van der Waals surface area contributed by atoms with Gasteiger partial charge in [-0.05, 0) is 30.2 Å². The third-order valence-electron chi connectivity index (χ3n) is 1.79. The van der Waals surface area contributed by atoms with E-state index in [4.69, 9.17) is 11.6 Å². The van der Waals surface area contributed by atoms with E-state index in [0.717, 1.165) is 11.4 Å². The number of anilines is 2. The van der Waals surface area contributed by atoms with Crippen LogP contribution >= 0.6 is 22.9 Å². The standard InChI is InChI=1S/C9H9ClN4S/c1-2-6-3-4-7(15-6)13-9-12-5-11-8(10)14-9/h3-5H,2H2,1H3,(H,11,12,13,14). The van der Waals surface area contributed by atoms with Crippen molar-refractivity contribution in [2.45, 2.75) is 13.3 Å². The van der Waals surface area contributed by atoms with Crippen LogP contribution in [-0.2, 0) is 6.42 Å². The molecule has 0 bridgehead atoms. The van der Waals surface area contributed by atoms with Gasteiger partial charge in [0.15, 0.2) is 0 Å². The van der Waals surface area contributed by atoms with Gasteiger partial charge in [-0.3, -0.25) is 0 Å². The number of nitrogens with one attached hydrogen (secondary N) is 1. The minimum atomic E-state index is 0.194. The molecule has 2 heterocycles. The van der Waals surface area contributed by atoms with Crippen molar-refractivity contribution >= 4 is 33.9 Å². The Morgan fingerprint density at radius 3 is 2.93 bits per heavy atom. The average Bonchev–Trinajstić information content (AvgIpc) is 2.65. The molecular formula is C9H9ClN4S. The molecule has 0 radical (unpaired) electrons. The molecule has 2 aromatic rings. The SMILES string of the molecule is CCc1ccc(Nc2ncnc(Cl)n2)s1. The summed E-state index contributed by atoms with van der Waals surface area (Å²) in [5.74, 6) is 0.472. The monoisotopic (exact) mass is 240 g/mol. The highest BCUT2D eigenvalue weighted by Crippen LogP contribution is 2.24. The van der Waals surface area contributed by atoms with Crippen LogP contribution in [0.4, 0.5) is 10.9 Å². The molecule has 1 N–H and O–H groups in total. The Morgan fingerprint density at radius 1 is 1.40 bits per heavy atom. The van der Waals surface area contributed by atoms with E-state index >= 15 is 0 Å². The molecule has 2 rings (SSSR count). The van der Waals surface area contributed by atoms with E-state index in [1.807, 2.05) is 6.07 Å². The highest BCUT2D eigenvalue weighted by Gasteiger charge is 2.01. The van der Waals surface area contributed by atoms with E-state index < -0.39 is 0 Å². The first-order chi connectivity index (χ1) is 7.28. The molecule has 2 aromatic heterocycles. The minimum absolute atomic E-state index is 0.194. The van der Waals surface area contributed by atoms with Crippen molar-refractivity contribution in [3.8, 4) is 0 Å². The third-order valence-corrected chi connectivity index (χ3v) is 3.11. The highest BCUT2D eigenvalue weighted by molar-refractivity contribution is 7.16. The number of hydrogen-bond acceptors (Lipinski definition) is 5. The second kappa shape index (κ2) is 4.55.